The van der Waals surface area contributed by atoms with Crippen molar-refractivity contribution in [2.75, 3.05) is 12.4 Å². The molecular weight excluding hydrogens is 298 g/mol. The van der Waals surface area contributed by atoms with E-state index in [4.69, 9.17) is 4.74 Å². The maximum absolute atomic E-state index is 12.1. The molecule has 0 aliphatic rings. The summed E-state index contributed by atoms with van der Waals surface area (Å²) in [4.78, 5) is 12.1. The molecule has 0 saturated heterocycles. The highest BCUT2D eigenvalue weighted by Crippen LogP contribution is 2.20. The Kier molecular flexibility index (Phi) is 3.66. The number of aryl methyl sites for hydroxylation is 1. The van der Waals surface area contributed by atoms with Gasteiger partial charge in [0.1, 0.15) is 11.4 Å². The van der Waals surface area contributed by atoms with Gasteiger partial charge in [0, 0.05) is 18.8 Å². The molecule has 2 rings (SSSR count). The summed E-state index contributed by atoms with van der Waals surface area (Å²) in [6, 6.07) is 7.18. The average Bonchev–Trinajstić information content (AvgIpc) is 2.69. The van der Waals surface area contributed by atoms with Crippen LogP contribution in [-0.2, 0) is 7.05 Å². The Balaban J connectivity index is 2.21. The van der Waals surface area contributed by atoms with Crippen molar-refractivity contribution in [2.24, 2.45) is 7.05 Å². The van der Waals surface area contributed by atoms with E-state index in [1.807, 2.05) is 12.1 Å². The van der Waals surface area contributed by atoms with Crippen LogP contribution in [0.3, 0.4) is 0 Å². The third-order valence-corrected chi connectivity index (χ3v) is 3.02. The number of carbonyl (C=O) groups excluding carboxylic acids is 1. The van der Waals surface area contributed by atoms with Crippen LogP contribution in [0, 0.1) is 0 Å². The maximum atomic E-state index is 12.1. The zero-order valence-corrected chi connectivity index (χ0v) is 11.6. The lowest BCUT2D eigenvalue weighted by molar-refractivity contribution is 0.101. The van der Waals surface area contributed by atoms with Crippen LogP contribution in [0.15, 0.2) is 34.9 Å². The summed E-state index contributed by atoms with van der Waals surface area (Å²) in [5.74, 6) is 0.465. The van der Waals surface area contributed by atoms with Crippen molar-refractivity contribution in [2.45, 2.75) is 0 Å². The Labute approximate surface area is 113 Å². The predicted molar refractivity (Wildman–Crippen MR) is 71.9 cm³/mol. The first-order valence-electron chi connectivity index (χ1n) is 5.24. The minimum atomic E-state index is -0.227. The molecule has 0 bridgehead atoms. The number of methoxy groups -OCH3 is 1. The average molecular weight is 310 g/mol. The van der Waals surface area contributed by atoms with E-state index < -0.39 is 0 Å². The third-order valence-electron chi connectivity index (χ3n) is 2.44. The molecule has 0 unspecified atom stereocenters. The van der Waals surface area contributed by atoms with Crippen LogP contribution >= 0.6 is 15.9 Å². The van der Waals surface area contributed by atoms with Crippen molar-refractivity contribution in [3.63, 3.8) is 0 Å². The Hall–Kier alpha value is -1.82. The van der Waals surface area contributed by atoms with Crippen molar-refractivity contribution < 1.29 is 9.53 Å². The zero-order valence-electron chi connectivity index (χ0n) is 9.98. The molecule has 0 atom stereocenters. The molecular formula is C12H12BrN3O2. The molecule has 0 aliphatic heterocycles. The van der Waals surface area contributed by atoms with E-state index in [9.17, 15) is 4.79 Å². The van der Waals surface area contributed by atoms with Gasteiger partial charge in [-0.15, -0.1) is 0 Å². The lowest BCUT2D eigenvalue weighted by Gasteiger charge is -2.07. The van der Waals surface area contributed by atoms with Crippen molar-refractivity contribution >= 4 is 27.5 Å². The number of benzene rings is 1. The van der Waals surface area contributed by atoms with Gasteiger partial charge in [0.25, 0.3) is 5.91 Å². The highest BCUT2D eigenvalue weighted by molar-refractivity contribution is 9.10. The number of amides is 1. The number of carbonyl (C=O) groups is 1. The summed E-state index contributed by atoms with van der Waals surface area (Å²) in [5, 5.41) is 6.79. The topological polar surface area (TPSA) is 56.1 Å². The van der Waals surface area contributed by atoms with Gasteiger partial charge in [0.15, 0.2) is 0 Å². The number of nitrogens with one attached hydrogen (secondary N) is 1. The van der Waals surface area contributed by atoms with E-state index >= 15 is 0 Å². The van der Waals surface area contributed by atoms with E-state index in [0.717, 1.165) is 0 Å². The molecule has 18 heavy (non-hydrogen) atoms. The van der Waals surface area contributed by atoms with Gasteiger partial charge >= 0.3 is 0 Å². The zero-order chi connectivity index (χ0) is 13.1. The number of ether oxygens (including phenoxy) is 1. The molecule has 0 saturated carbocycles. The maximum Gasteiger partial charge on any atom is 0.275 e. The van der Waals surface area contributed by atoms with Crippen LogP contribution in [0.2, 0.25) is 0 Å². The van der Waals surface area contributed by atoms with Crippen molar-refractivity contribution in [1.29, 1.82) is 0 Å². The second-order valence-corrected chi connectivity index (χ2v) is 4.51. The van der Waals surface area contributed by atoms with Gasteiger partial charge in [-0.3, -0.25) is 9.48 Å². The molecule has 6 heteroatoms. The molecule has 0 spiro atoms. The molecule has 5 nitrogen and oxygen atoms in total. The first kappa shape index (κ1) is 12.6. The van der Waals surface area contributed by atoms with Gasteiger partial charge < -0.3 is 10.1 Å². The Bertz CT molecular complexity index is 561. The van der Waals surface area contributed by atoms with Crippen molar-refractivity contribution in [1.82, 2.24) is 9.78 Å². The highest BCUT2D eigenvalue weighted by atomic mass is 79.9. The fraction of sp³-hybridized carbons (Fsp3) is 0.167. The normalized spacial score (nSPS) is 10.2. The molecule has 94 valence electrons. The minimum Gasteiger partial charge on any atom is -0.497 e. The Morgan fingerprint density at radius 2 is 2.28 bits per heavy atom. The van der Waals surface area contributed by atoms with Crippen LogP contribution < -0.4 is 10.1 Å². The summed E-state index contributed by atoms with van der Waals surface area (Å²) < 4.78 is 7.27. The summed E-state index contributed by atoms with van der Waals surface area (Å²) in [5.41, 5.74) is 1.14. The fourth-order valence-electron chi connectivity index (χ4n) is 1.56. The van der Waals surface area contributed by atoms with Gasteiger partial charge in [-0.25, -0.2) is 0 Å². The number of hydrogen-bond acceptors (Lipinski definition) is 3. The van der Waals surface area contributed by atoms with Crippen LogP contribution in [0.5, 0.6) is 5.75 Å². The van der Waals surface area contributed by atoms with Gasteiger partial charge in [-0.2, -0.15) is 5.10 Å². The van der Waals surface area contributed by atoms with E-state index in [2.05, 4.69) is 26.3 Å². The highest BCUT2D eigenvalue weighted by Gasteiger charge is 2.15. The van der Waals surface area contributed by atoms with Crippen molar-refractivity contribution in [3.05, 3.63) is 40.6 Å². The predicted octanol–water partition coefficient (Wildman–Crippen LogP) is 2.44. The monoisotopic (exact) mass is 309 g/mol. The second kappa shape index (κ2) is 5.22. The Morgan fingerprint density at radius 1 is 1.50 bits per heavy atom. The Morgan fingerprint density at radius 3 is 2.89 bits per heavy atom. The minimum absolute atomic E-state index is 0.227. The molecule has 1 aromatic heterocycles. The molecule has 1 amide bonds. The molecule has 2 aromatic rings. The van der Waals surface area contributed by atoms with Crippen molar-refractivity contribution in [3.8, 4) is 5.75 Å². The SMILES string of the molecule is COc1cccc(NC(=O)c2c(Br)cnn2C)c1. The lowest BCUT2D eigenvalue weighted by Crippen LogP contribution is -2.16. The van der Waals surface area contributed by atoms with Crippen LogP contribution in [0.1, 0.15) is 10.5 Å². The fourth-order valence-corrected chi connectivity index (χ4v) is 2.09. The molecule has 0 fully saturated rings. The first-order chi connectivity index (χ1) is 8.61. The van der Waals surface area contributed by atoms with Gasteiger partial charge in [-0.05, 0) is 28.1 Å². The lowest BCUT2D eigenvalue weighted by atomic mass is 10.3. The summed E-state index contributed by atoms with van der Waals surface area (Å²) >= 11 is 3.29. The number of rotatable bonds is 3. The van der Waals surface area contributed by atoms with E-state index in [1.165, 1.54) is 4.68 Å². The number of halogens is 1. The van der Waals surface area contributed by atoms with Crippen LogP contribution in [0.25, 0.3) is 0 Å². The van der Waals surface area contributed by atoms with Gasteiger partial charge in [0.2, 0.25) is 0 Å². The summed E-state index contributed by atoms with van der Waals surface area (Å²) in [7, 11) is 3.30. The van der Waals surface area contributed by atoms with E-state index in [1.54, 1.807) is 32.5 Å². The molecule has 0 aliphatic carbocycles. The number of nitrogens with zero attached hydrogens (tertiary/aromatic N) is 2. The molecule has 1 aromatic carbocycles. The van der Waals surface area contributed by atoms with E-state index in [-0.39, 0.29) is 5.91 Å². The quantitative estimate of drug-likeness (QED) is 0.947. The molecule has 1 N–H and O–H groups in total. The largest absolute Gasteiger partial charge is 0.497 e. The summed E-state index contributed by atoms with van der Waals surface area (Å²) in [6.07, 6.45) is 1.58. The second-order valence-electron chi connectivity index (χ2n) is 3.65. The number of hydrogen-bond donors (Lipinski definition) is 1. The summed E-state index contributed by atoms with van der Waals surface area (Å²) in [6.45, 7) is 0. The van der Waals surface area contributed by atoms with Crippen LogP contribution in [0.4, 0.5) is 5.69 Å². The van der Waals surface area contributed by atoms with Gasteiger partial charge in [-0.1, -0.05) is 6.07 Å². The van der Waals surface area contributed by atoms with Gasteiger partial charge in [0.05, 0.1) is 17.8 Å². The molecule has 1 heterocycles. The number of aromatic nitrogens is 2. The first-order valence-corrected chi connectivity index (χ1v) is 6.04. The third kappa shape index (κ3) is 2.53. The molecule has 0 radical (unpaired) electrons. The van der Waals surface area contributed by atoms with Crippen LogP contribution in [-0.4, -0.2) is 22.8 Å². The smallest absolute Gasteiger partial charge is 0.275 e. The number of anilines is 1. The standard InChI is InChI=1S/C12H12BrN3O2/c1-16-11(10(13)7-14-16)12(17)15-8-4-3-5-9(6-8)18-2/h3-7H,1-2H3,(H,15,17). The van der Waals surface area contributed by atoms with E-state index in [0.29, 0.717) is 21.6 Å².